The second-order valence-electron chi connectivity index (χ2n) is 7.54. The molecular weight excluding hydrogens is 464 g/mol. The summed E-state index contributed by atoms with van der Waals surface area (Å²) in [6.45, 7) is -0.384. The Balaban J connectivity index is 2.08. The van der Waals surface area contributed by atoms with E-state index in [2.05, 4.69) is 33.6 Å². The molecule has 0 bridgehead atoms. The second-order valence-corrected chi connectivity index (χ2v) is 7.90. The molecule has 13 heteroatoms. The molecule has 3 atom stereocenters. The fraction of sp³-hybridized carbons (Fsp3) is 0.381. The summed E-state index contributed by atoms with van der Waals surface area (Å²) in [5.74, 6) is -4.25. The number of benzene rings is 1. The largest absolute Gasteiger partial charge is 0.480 e. The van der Waals surface area contributed by atoms with E-state index in [1.165, 1.54) is 0 Å². The number of aromatic amines is 1. The number of nitrogens with two attached hydrogens (primary N) is 2. The van der Waals surface area contributed by atoms with E-state index in [1.54, 1.807) is 6.20 Å². The number of para-hydroxylation sites is 1. The summed E-state index contributed by atoms with van der Waals surface area (Å²) < 4.78 is 0. The highest BCUT2D eigenvalue weighted by Crippen LogP contribution is 2.19. The molecule has 4 amide bonds. The minimum atomic E-state index is -1.27. The van der Waals surface area contributed by atoms with Gasteiger partial charge in [-0.2, -0.15) is 12.6 Å². The van der Waals surface area contributed by atoms with Crippen LogP contribution in [-0.2, 0) is 30.4 Å². The molecule has 0 aliphatic carbocycles. The number of nitrogens with one attached hydrogen (secondary N) is 4. The normalized spacial score (nSPS) is 13.5. The van der Waals surface area contributed by atoms with Crippen molar-refractivity contribution in [3.05, 3.63) is 36.0 Å². The van der Waals surface area contributed by atoms with Crippen LogP contribution in [0, 0.1) is 0 Å². The number of carboxylic acids is 1. The van der Waals surface area contributed by atoms with Crippen molar-refractivity contribution in [1.82, 2.24) is 20.9 Å². The molecule has 0 radical (unpaired) electrons. The number of hydrogen-bond donors (Lipinski definition) is 8. The summed E-state index contributed by atoms with van der Waals surface area (Å²) in [7, 11) is 0. The number of aliphatic carboxylic acids is 1. The first-order chi connectivity index (χ1) is 16.2. The Morgan fingerprint density at radius 1 is 1.00 bits per heavy atom. The zero-order chi connectivity index (χ0) is 25.3. The smallest absolute Gasteiger partial charge is 0.326 e. The molecule has 0 aliphatic rings. The third-order valence-electron chi connectivity index (χ3n) is 5.05. The van der Waals surface area contributed by atoms with Gasteiger partial charge in [0.1, 0.15) is 18.1 Å². The molecule has 1 aromatic carbocycles. The average Bonchev–Trinajstić information content (AvgIpc) is 3.21. The zero-order valence-corrected chi connectivity index (χ0v) is 19.1. The third kappa shape index (κ3) is 7.49. The van der Waals surface area contributed by atoms with E-state index < -0.39 is 47.7 Å². The van der Waals surface area contributed by atoms with Gasteiger partial charge in [0.25, 0.3) is 0 Å². The lowest BCUT2D eigenvalue weighted by Crippen LogP contribution is -2.57. The number of primary amides is 1. The van der Waals surface area contributed by atoms with Gasteiger partial charge in [0.05, 0.1) is 6.54 Å². The summed E-state index contributed by atoms with van der Waals surface area (Å²) in [5, 5.41) is 17.7. The van der Waals surface area contributed by atoms with E-state index in [4.69, 9.17) is 11.5 Å². The predicted octanol–water partition coefficient (Wildman–Crippen LogP) is -1.60. The summed E-state index contributed by atoms with van der Waals surface area (Å²) in [4.78, 5) is 63.0. The quantitative estimate of drug-likeness (QED) is 0.153. The summed E-state index contributed by atoms with van der Waals surface area (Å²) in [6, 6.07) is 3.70. The molecule has 184 valence electrons. The molecule has 0 spiro atoms. The lowest BCUT2D eigenvalue weighted by molar-refractivity contribution is -0.142. The first-order valence-electron chi connectivity index (χ1n) is 10.4. The van der Waals surface area contributed by atoms with E-state index >= 15 is 0 Å². The summed E-state index contributed by atoms with van der Waals surface area (Å²) >= 11 is 4.07. The number of hydrogen-bond acceptors (Lipinski definition) is 7. The van der Waals surface area contributed by atoms with Gasteiger partial charge in [-0.05, 0) is 18.1 Å². The molecule has 0 saturated heterocycles. The fourth-order valence-corrected chi connectivity index (χ4v) is 3.52. The van der Waals surface area contributed by atoms with Crippen molar-refractivity contribution in [2.75, 3.05) is 12.3 Å². The Kier molecular flexibility index (Phi) is 9.89. The van der Waals surface area contributed by atoms with E-state index in [0.717, 1.165) is 10.9 Å². The van der Waals surface area contributed by atoms with E-state index in [1.807, 2.05) is 24.3 Å². The maximum atomic E-state index is 12.8. The molecule has 2 rings (SSSR count). The summed E-state index contributed by atoms with van der Waals surface area (Å²) in [6.07, 6.45) is 1.39. The molecule has 0 fully saturated rings. The second kappa shape index (κ2) is 12.6. The predicted molar refractivity (Wildman–Crippen MR) is 127 cm³/mol. The highest BCUT2D eigenvalue weighted by atomic mass is 32.1. The molecule has 12 nitrogen and oxygen atoms in total. The van der Waals surface area contributed by atoms with Gasteiger partial charge in [-0.25, -0.2) is 4.79 Å². The number of carbonyl (C=O) groups excluding carboxylic acids is 4. The van der Waals surface area contributed by atoms with E-state index in [-0.39, 0.29) is 31.6 Å². The standard InChI is InChI=1S/C21H28N6O6S/c22-8-18(29)25-14(5-6-17(23)28)19(30)27-16(10-34)20(31)26-15(21(32)33)7-11-9-24-13-4-2-1-3-12(11)13/h1-4,9,14-16,24,34H,5-8,10,22H2,(H2,23,28)(H,25,29)(H,26,31)(H,27,30)(H,32,33). The van der Waals surface area contributed by atoms with Crippen molar-refractivity contribution in [3.8, 4) is 0 Å². The van der Waals surface area contributed by atoms with Gasteiger partial charge in [-0.3, -0.25) is 19.2 Å². The Morgan fingerprint density at radius 3 is 2.26 bits per heavy atom. The monoisotopic (exact) mass is 492 g/mol. The van der Waals surface area contributed by atoms with Crippen molar-refractivity contribution < 1.29 is 29.1 Å². The SMILES string of the molecule is NCC(=O)NC(CCC(N)=O)C(=O)NC(CS)C(=O)NC(Cc1c[nH]c2ccccc12)C(=O)O. The van der Waals surface area contributed by atoms with Crippen LogP contribution in [-0.4, -0.2) is 70.1 Å². The summed E-state index contributed by atoms with van der Waals surface area (Å²) in [5.41, 5.74) is 11.9. The number of H-pyrrole nitrogens is 1. The van der Waals surface area contributed by atoms with E-state index in [0.29, 0.717) is 5.56 Å². The van der Waals surface area contributed by atoms with Gasteiger partial charge in [0, 0.05) is 35.7 Å². The van der Waals surface area contributed by atoms with Crippen LogP contribution in [0.5, 0.6) is 0 Å². The van der Waals surface area contributed by atoms with Crippen LogP contribution in [0.15, 0.2) is 30.5 Å². The highest BCUT2D eigenvalue weighted by molar-refractivity contribution is 7.80. The molecule has 2 aromatic rings. The number of carbonyl (C=O) groups is 5. The van der Waals surface area contributed by atoms with Crippen LogP contribution in [0.3, 0.4) is 0 Å². The van der Waals surface area contributed by atoms with Crippen LogP contribution in [0.1, 0.15) is 18.4 Å². The van der Waals surface area contributed by atoms with Gasteiger partial charge in [0.15, 0.2) is 0 Å². The number of amides is 4. The number of rotatable bonds is 13. The van der Waals surface area contributed by atoms with Crippen molar-refractivity contribution in [1.29, 1.82) is 0 Å². The number of carboxylic acid groups (broad SMARTS) is 1. The molecule has 34 heavy (non-hydrogen) atoms. The molecule has 1 heterocycles. The van der Waals surface area contributed by atoms with E-state index in [9.17, 15) is 29.1 Å². The minimum Gasteiger partial charge on any atom is -0.480 e. The lowest BCUT2D eigenvalue weighted by atomic mass is 10.0. The van der Waals surface area contributed by atoms with Gasteiger partial charge >= 0.3 is 5.97 Å². The van der Waals surface area contributed by atoms with Crippen LogP contribution >= 0.6 is 12.6 Å². The lowest BCUT2D eigenvalue weighted by Gasteiger charge is -2.23. The van der Waals surface area contributed by atoms with Gasteiger partial charge in [0.2, 0.25) is 23.6 Å². The molecule has 3 unspecified atom stereocenters. The van der Waals surface area contributed by atoms with Crippen LogP contribution in [0.2, 0.25) is 0 Å². The van der Waals surface area contributed by atoms with Crippen LogP contribution in [0.4, 0.5) is 0 Å². The van der Waals surface area contributed by atoms with Gasteiger partial charge in [-0.15, -0.1) is 0 Å². The number of thiol groups is 1. The Morgan fingerprint density at radius 2 is 1.65 bits per heavy atom. The maximum absolute atomic E-state index is 12.8. The average molecular weight is 493 g/mol. The van der Waals surface area contributed by atoms with Gasteiger partial charge in [-0.1, -0.05) is 18.2 Å². The number of fused-ring (bicyclic) bond motifs is 1. The van der Waals surface area contributed by atoms with Crippen LogP contribution in [0.25, 0.3) is 10.9 Å². The molecule has 1 aromatic heterocycles. The molecule has 0 aliphatic heterocycles. The van der Waals surface area contributed by atoms with Crippen molar-refractivity contribution in [3.63, 3.8) is 0 Å². The minimum absolute atomic E-state index is 0.00607. The molecular formula is C21H28N6O6S. The van der Waals surface area contributed by atoms with Crippen molar-refractivity contribution >= 4 is 53.1 Å². The van der Waals surface area contributed by atoms with Crippen LogP contribution < -0.4 is 27.4 Å². The topological polar surface area (TPSA) is 209 Å². The molecule has 9 N–H and O–H groups in total. The Labute approximate surface area is 200 Å². The van der Waals surface area contributed by atoms with Crippen molar-refractivity contribution in [2.45, 2.75) is 37.4 Å². The first-order valence-corrected chi connectivity index (χ1v) is 11.1. The first kappa shape index (κ1) is 26.7. The zero-order valence-electron chi connectivity index (χ0n) is 18.2. The Hall–Kier alpha value is -3.58. The third-order valence-corrected chi connectivity index (χ3v) is 5.41. The fourth-order valence-electron chi connectivity index (χ4n) is 3.27. The number of aromatic nitrogens is 1. The van der Waals surface area contributed by atoms with Gasteiger partial charge < -0.3 is 37.5 Å². The van der Waals surface area contributed by atoms with Crippen molar-refractivity contribution in [2.24, 2.45) is 11.5 Å². The Bertz CT molecular complexity index is 1060. The highest BCUT2D eigenvalue weighted by Gasteiger charge is 2.29. The molecule has 0 saturated carbocycles. The maximum Gasteiger partial charge on any atom is 0.326 e.